The van der Waals surface area contributed by atoms with Gasteiger partial charge in [0.2, 0.25) is 5.75 Å². The molecular weight excluding hydrogens is 233 g/mol. The van der Waals surface area contributed by atoms with Gasteiger partial charge in [0.25, 0.3) is 5.56 Å². The van der Waals surface area contributed by atoms with E-state index in [0.29, 0.717) is 5.75 Å². The van der Waals surface area contributed by atoms with Gasteiger partial charge in [-0.2, -0.15) is 13.2 Å². The number of aromatic amines is 1. The molecule has 0 aliphatic rings. The Kier molecular flexibility index (Phi) is 3.28. The lowest BCUT2D eigenvalue weighted by Gasteiger charge is -2.08. The first-order chi connectivity index (χ1) is 6.86. The molecule has 0 aliphatic heterocycles. The lowest BCUT2D eigenvalue weighted by molar-refractivity contribution is -0.143. The van der Waals surface area contributed by atoms with Crippen molar-refractivity contribution in [2.24, 2.45) is 0 Å². The predicted molar refractivity (Wildman–Crippen MR) is 47.9 cm³/mol. The molecule has 84 valence electrons. The van der Waals surface area contributed by atoms with Gasteiger partial charge in [0.15, 0.2) is 10.9 Å². The summed E-state index contributed by atoms with van der Waals surface area (Å²) in [6.45, 7) is 1.70. The first kappa shape index (κ1) is 11.9. The molecule has 0 spiro atoms. The molecule has 15 heavy (non-hydrogen) atoms. The summed E-state index contributed by atoms with van der Waals surface area (Å²) in [4.78, 5) is 16.1. The Balaban J connectivity index is 3.32. The van der Waals surface area contributed by atoms with Crippen LogP contribution in [0, 0.1) is 0 Å². The average molecular weight is 240 g/mol. The quantitative estimate of drug-likeness (QED) is 0.608. The highest BCUT2D eigenvalue weighted by molar-refractivity contribution is 7.99. The fourth-order valence-electron chi connectivity index (χ4n) is 0.849. The molecule has 1 heterocycles. The number of H-pyrrole nitrogens is 1. The van der Waals surface area contributed by atoms with Crippen molar-refractivity contribution < 1.29 is 18.3 Å². The van der Waals surface area contributed by atoms with Crippen molar-refractivity contribution in [2.45, 2.75) is 18.3 Å². The lowest BCUT2D eigenvalue weighted by Crippen LogP contribution is -2.18. The zero-order valence-electron chi connectivity index (χ0n) is 7.55. The van der Waals surface area contributed by atoms with Crippen molar-refractivity contribution >= 4 is 11.8 Å². The highest BCUT2D eigenvalue weighted by atomic mass is 32.2. The lowest BCUT2D eigenvalue weighted by atomic mass is 10.3. The summed E-state index contributed by atoms with van der Waals surface area (Å²) >= 11 is 0.951. The van der Waals surface area contributed by atoms with Crippen LogP contribution in [0.5, 0.6) is 5.75 Å². The maximum absolute atomic E-state index is 12.3. The summed E-state index contributed by atoms with van der Waals surface area (Å²) in [6, 6.07) is 0. The van der Waals surface area contributed by atoms with Gasteiger partial charge in [0.1, 0.15) is 0 Å². The SMILES string of the molecule is CCSc1nc(C(F)(F)F)c(O)c(=O)[nH]1. The van der Waals surface area contributed by atoms with E-state index in [-0.39, 0.29) is 5.16 Å². The largest absolute Gasteiger partial charge is 0.502 e. The smallest absolute Gasteiger partial charge is 0.437 e. The Hall–Kier alpha value is -1.18. The van der Waals surface area contributed by atoms with E-state index >= 15 is 0 Å². The third kappa shape index (κ3) is 2.65. The Labute approximate surface area is 86.5 Å². The first-order valence-corrected chi connectivity index (χ1v) is 4.88. The molecule has 0 fully saturated rings. The van der Waals surface area contributed by atoms with Crippen LogP contribution in [0.3, 0.4) is 0 Å². The number of alkyl halides is 3. The van der Waals surface area contributed by atoms with E-state index in [1.807, 2.05) is 4.98 Å². The Morgan fingerprint density at radius 2 is 2.13 bits per heavy atom. The number of rotatable bonds is 2. The molecule has 0 unspecified atom stereocenters. The molecule has 1 rings (SSSR count). The molecule has 0 saturated heterocycles. The van der Waals surface area contributed by atoms with Crippen LogP contribution in [0.1, 0.15) is 12.6 Å². The molecule has 0 aliphatic carbocycles. The van der Waals surface area contributed by atoms with Crippen LogP contribution in [-0.2, 0) is 6.18 Å². The number of thioether (sulfide) groups is 1. The van der Waals surface area contributed by atoms with E-state index in [1.165, 1.54) is 0 Å². The van der Waals surface area contributed by atoms with Gasteiger partial charge in [-0.15, -0.1) is 0 Å². The van der Waals surface area contributed by atoms with Crippen molar-refractivity contribution in [1.82, 2.24) is 9.97 Å². The summed E-state index contributed by atoms with van der Waals surface area (Å²) in [7, 11) is 0. The molecule has 1 aromatic rings. The summed E-state index contributed by atoms with van der Waals surface area (Å²) in [5.74, 6) is -0.937. The van der Waals surface area contributed by atoms with E-state index in [9.17, 15) is 18.0 Å². The van der Waals surface area contributed by atoms with E-state index in [0.717, 1.165) is 11.8 Å². The molecule has 0 amide bonds. The van der Waals surface area contributed by atoms with Crippen molar-refractivity contribution in [3.05, 3.63) is 16.0 Å². The van der Waals surface area contributed by atoms with E-state index in [2.05, 4.69) is 4.98 Å². The molecule has 8 heteroatoms. The molecule has 0 atom stereocenters. The van der Waals surface area contributed by atoms with Crippen molar-refractivity contribution in [3.8, 4) is 5.75 Å². The topological polar surface area (TPSA) is 66.0 Å². The molecule has 0 radical (unpaired) electrons. The standard InChI is InChI=1S/C7H7F3N2O2S/c1-2-15-6-11-4(7(8,9)10)3(13)5(14)12-6/h13H,2H2,1H3,(H,11,12,14). The van der Waals surface area contributed by atoms with Gasteiger partial charge in [-0.3, -0.25) is 9.78 Å². The molecular formula is C7H7F3N2O2S. The fraction of sp³-hybridized carbons (Fsp3) is 0.429. The number of hydrogen-bond acceptors (Lipinski definition) is 4. The van der Waals surface area contributed by atoms with E-state index in [4.69, 9.17) is 5.11 Å². The highest BCUT2D eigenvalue weighted by Gasteiger charge is 2.37. The van der Waals surface area contributed by atoms with Crippen molar-refractivity contribution in [1.29, 1.82) is 0 Å². The summed E-state index contributed by atoms with van der Waals surface area (Å²) in [5.41, 5.74) is -2.74. The molecule has 2 N–H and O–H groups in total. The summed E-state index contributed by atoms with van der Waals surface area (Å²) in [5, 5.41) is 8.73. The average Bonchev–Trinajstić information content (AvgIpc) is 2.09. The van der Waals surface area contributed by atoms with Crippen LogP contribution in [0.15, 0.2) is 9.95 Å². The van der Waals surface area contributed by atoms with Gasteiger partial charge >= 0.3 is 6.18 Å². The number of nitrogens with zero attached hydrogens (tertiary/aromatic N) is 1. The normalized spacial score (nSPS) is 11.7. The van der Waals surface area contributed by atoms with Gasteiger partial charge < -0.3 is 5.11 Å². The van der Waals surface area contributed by atoms with Crippen molar-refractivity contribution in [2.75, 3.05) is 5.75 Å². The second-order valence-corrected chi connectivity index (χ2v) is 3.75. The predicted octanol–water partition coefficient (Wildman–Crippen LogP) is 1.61. The van der Waals surface area contributed by atoms with Gasteiger partial charge in [0, 0.05) is 0 Å². The van der Waals surface area contributed by atoms with Gasteiger partial charge in [-0.1, -0.05) is 18.7 Å². The van der Waals surface area contributed by atoms with Crippen LogP contribution in [0.2, 0.25) is 0 Å². The third-order valence-corrected chi connectivity index (χ3v) is 2.18. The highest BCUT2D eigenvalue weighted by Crippen LogP contribution is 2.32. The van der Waals surface area contributed by atoms with Gasteiger partial charge in [0.05, 0.1) is 0 Å². The molecule has 0 bridgehead atoms. The second-order valence-electron chi connectivity index (χ2n) is 2.50. The minimum atomic E-state index is -4.83. The number of nitrogens with one attached hydrogen (secondary N) is 1. The maximum atomic E-state index is 12.3. The minimum absolute atomic E-state index is 0.160. The molecule has 0 aromatic carbocycles. The van der Waals surface area contributed by atoms with E-state index < -0.39 is 23.2 Å². The molecule has 4 nitrogen and oxygen atoms in total. The van der Waals surface area contributed by atoms with Crippen LogP contribution in [0.25, 0.3) is 0 Å². The fourth-order valence-corrected chi connectivity index (χ4v) is 1.44. The Bertz CT molecular complexity index is 416. The number of hydrogen-bond donors (Lipinski definition) is 2. The zero-order valence-corrected chi connectivity index (χ0v) is 8.37. The Morgan fingerprint density at radius 3 is 2.60 bits per heavy atom. The summed E-state index contributed by atoms with van der Waals surface area (Å²) in [6.07, 6.45) is -4.83. The van der Waals surface area contributed by atoms with E-state index in [1.54, 1.807) is 6.92 Å². The van der Waals surface area contributed by atoms with Gasteiger partial charge in [-0.25, -0.2) is 4.98 Å². The number of aromatic hydroxyl groups is 1. The molecule has 0 saturated carbocycles. The zero-order chi connectivity index (χ0) is 11.6. The first-order valence-electron chi connectivity index (χ1n) is 3.89. The van der Waals surface area contributed by atoms with Crippen LogP contribution in [-0.4, -0.2) is 20.8 Å². The monoisotopic (exact) mass is 240 g/mol. The van der Waals surface area contributed by atoms with Gasteiger partial charge in [-0.05, 0) is 5.75 Å². The number of halogens is 3. The van der Waals surface area contributed by atoms with Crippen LogP contribution >= 0.6 is 11.8 Å². The molecule has 1 aromatic heterocycles. The Morgan fingerprint density at radius 1 is 1.53 bits per heavy atom. The number of aromatic nitrogens is 2. The van der Waals surface area contributed by atoms with Crippen LogP contribution < -0.4 is 5.56 Å². The minimum Gasteiger partial charge on any atom is -0.502 e. The maximum Gasteiger partial charge on any atom is 0.437 e. The second kappa shape index (κ2) is 4.13. The summed E-state index contributed by atoms with van der Waals surface area (Å²) < 4.78 is 36.8. The third-order valence-electron chi connectivity index (χ3n) is 1.42. The van der Waals surface area contributed by atoms with Crippen LogP contribution in [0.4, 0.5) is 13.2 Å². The van der Waals surface area contributed by atoms with Crippen molar-refractivity contribution in [3.63, 3.8) is 0 Å².